The molecule has 2 aromatic carbocycles. The average molecular weight is 562 g/mol. The summed E-state index contributed by atoms with van der Waals surface area (Å²) in [6.07, 6.45) is -4.58. The van der Waals surface area contributed by atoms with Gasteiger partial charge in [0.25, 0.3) is 11.4 Å². The first-order chi connectivity index (χ1) is 18.9. The highest BCUT2D eigenvalue weighted by Crippen LogP contribution is 2.44. The lowest BCUT2D eigenvalue weighted by Gasteiger charge is -2.57. The zero-order chi connectivity index (χ0) is 29.6. The normalized spacial score (nSPS) is 19.6. The second-order valence-corrected chi connectivity index (χ2v) is 9.13. The molecule has 15 nitrogen and oxygen atoms in total. The lowest BCUT2D eigenvalue weighted by molar-refractivity contribution is -0.386. The molecule has 0 spiro atoms. The number of amides is 1. The zero-order valence-electron chi connectivity index (χ0n) is 21.5. The summed E-state index contributed by atoms with van der Waals surface area (Å²) in [5, 5.41) is 42.5. The zero-order valence-corrected chi connectivity index (χ0v) is 21.5. The summed E-state index contributed by atoms with van der Waals surface area (Å²) in [5.41, 5.74) is -1.72. The summed E-state index contributed by atoms with van der Waals surface area (Å²) < 4.78 is 15.2. The maximum absolute atomic E-state index is 13.0. The van der Waals surface area contributed by atoms with Gasteiger partial charge in [0, 0.05) is 18.7 Å². The molecule has 1 saturated heterocycles. The van der Waals surface area contributed by atoms with E-state index in [9.17, 15) is 44.8 Å². The smallest absolute Gasteiger partial charge is 0.457 e. The van der Waals surface area contributed by atoms with Gasteiger partial charge in [0.15, 0.2) is 0 Å². The molecule has 1 aliphatic rings. The first kappa shape index (κ1) is 29.9. The number of para-hydroxylation sites is 2. The number of carbonyl (C=O) groups excluding carboxylic acids is 3. The average Bonchev–Trinajstić information content (AvgIpc) is 2.90. The molecule has 0 aliphatic carbocycles. The van der Waals surface area contributed by atoms with Crippen LogP contribution in [0.1, 0.15) is 31.4 Å². The van der Waals surface area contributed by atoms with Crippen LogP contribution in [-0.4, -0.2) is 67.5 Å². The van der Waals surface area contributed by atoms with Crippen molar-refractivity contribution in [3.05, 3.63) is 79.9 Å². The predicted molar refractivity (Wildman–Crippen MR) is 133 cm³/mol. The minimum Gasteiger partial charge on any atom is -0.457 e. The van der Waals surface area contributed by atoms with Crippen LogP contribution in [0.3, 0.4) is 0 Å². The Hall–Kier alpha value is -4.63. The topological polar surface area (TPSA) is 209 Å². The molecule has 1 aliphatic heterocycles. The van der Waals surface area contributed by atoms with Gasteiger partial charge < -0.3 is 29.3 Å². The third kappa shape index (κ3) is 6.16. The predicted octanol–water partition coefficient (Wildman–Crippen LogP) is 2.21. The molecule has 0 saturated carbocycles. The van der Waals surface area contributed by atoms with Gasteiger partial charge in [-0.2, -0.15) is 0 Å². The maximum atomic E-state index is 13.0. The van der Waals surface area contributed by atoms with Crippen molar-refractivity contribution in [3.63, 3.8) is 0 Å². The van der Waals surface area contributed by atoms with Gasteiger partial charge in [0.05, 0.1) is 32.4 Å². The fourth-order valence-corrected chi connectivity index (χ4v) is 4.70. The van der Waals surface area contributed by atoms with Crippen LogP contribution in [0.4, 0.5) is 16.2 Å². The van der Waals surface area contributed by atoms with E-state index in [4.69, 9.17) is 14.2 Å². The molecule has 1 fully saturated rings. The van der Waals surface area contributed by atoms with Crippen molar-refractivity contribution >= 4 is 29.4 Å². The summed E-state index contributed by atoms with van der Waals surface area (Å²) in [7, 11) is 0. The van der Waals surface area contributed by atoms with Gasteiger partial charge in [-0.15, -0.1) is 0 Å². The molecule has 3 unspecified atom stereocenters. The van der Waals surface area contributed by atoms with Crippen molar-refractivity contribution < 1.29 is 48.7 Å². The van der Waals surface area contributed by atoms with Gasteiger partial charge in [-0.25, -0.2) is 9.59 Å². The van der Waals surface area contributed by atoms with Crippen molar-refractivity contribution in [1.29, 1.82) is 0 Å². The van der Waals surface area contributed by atoms with E-state index in [0.29, 0.717) is 0 Å². The number of rotatable bonds is 12. The molecule has 3 rings (SSSR count). The Kier molecular flexibility index (Phi) is 9.34. The summed E-state index contributed by atoms with van der Waals surface area (Å²) in [5.74, 6) is -3.15. The number of likely N-dealkylation sites (tertiary alicyclic amines) is 1. The first-order valence-corrected chi connectivity index (χ1v) is 12.0. The van der Waals surface area contributed by atoms with E-state index in [0.717, 1.165) is 4.90 Å². The van der Waals surface area contributed by atoms with E-state index in [1.165, 1.54) is 62.4 Å². The van der Waals surface area contributed by atoms with Gasteiger partial charge in [-0.1, -0.05) is 24.3 Å². The first-order valence-electron chi connectivity index (χ1n) is 12.0. The van der Waals surface area contributed by atoms with Crippen molar-refractivity contribution in [1.82, 2.24) is 4.90 Å². The molecule has 2 aromatic rings. The maximum Gasteiger partial charge on any atom is 0.508 e. The van der Waals surface area contributed by atoms with Gasteiger partial charge in [-0.3, -0.25) is 25.0 Å². The molecule has 15 heteroatoms. The highest BCUT2D eigenvalue weighted by Gasteiger charge is 2.63. The molecule has 40 heavy (non-hydrogen) atoms. The molecule has 1 amide bonds. The summed E-state index contributed by atoms with van der Waals surface area (Å²) in [6.45, 7) is 1.38. The minimum atomic E-state index is -2.11. The molecular formula is C25H27N3O12. The fourth-order valence-electron chi connectivity index (χ4n) is 4.70. The molecule has 0 radical (unpaired) electrons. The molecule has 4 atom stereocenters. The van der Waals surface area contributed by atoms with E-state index in [2.05, 4.69) is 0 Å². The number of hydrogen-bond acceptors (Lipinski definition) is 12. The number of nitro groups is 2. The second kappa shape index (κ2) is 12.5. The van der Waals surface area contributed by atoms with Gasteiger partial charge in [0.2, 0.25) is 12.1 Å². The quantitative estimate of drug-likeness (QED) is 0.165. The van der Waals surface area contributed by atoms with Crippen LogP contribution in [0.2, 0.25) is 0 Å². The molecule has 2 N–H and O–H groups in total. The molecule has 0 bridgehead atoms. The van der Waals surface area contributed by atoms with Crippen molar-refractivity contribution in [2.45, 2.75) is 51.4 Å². The number of aliphatic hydroxyl groups is 2. The Morgan fingerprint density at radius 2 is 1.50 bits per heavy atom. The van der Waals surface area contributed by atoms with Crippen molar-refractivity contribution in [2.24, 2.45) is 5.92 Å². The second-order valence-electron chi connectivity index (χ2n) is 9.13. The summed E-state index contributed by atoms with van der Waals surface area (Å²) in [4.78, 5) is 59.7. The van der Waals surface area contributed by atoms with Crippen LogP contribution in [-0.2, 0) is 37.0 Å². The van der Waals surface area contributed by atoms with Gasteiger partial charge in [0.1, 0.15) is 19.3 Å². The number of nitrogens with zero attached hydrogens (tertiary/aromatic N) is 3. The van der Waals surface area contributed by atoms with Crippen LogP contribution in [0.25, 0.3) is 0 Å². The van der Waals surface area contributed by atoms with Crippen LogP contribution < -0.4 is 0 Å². The molecule has 1 heterocycles. The third-order valence-corrected chi connectivity index (χ3v) is 6.64. The number of carbonyl (C=O) groups is 3. The molecular weight excluding hydrogens is 534 g/mol. The number of ether oxygens (including phenoxy) is 3. The highest BCUT2D eigenvalue weighted by atomic mass is 16.7. The SMILES string of the molecule is C[C@@H](OC(=O)OCc1ccccc1[N+](=O)[O-])C1C(=O)N(C(O)C(=O)OCc2ccccc2[N+](=O)[O-])C1(C)CCO. The van der Waals surface area contributed by atoms with Crippen LogP contribution >= 0.6 is 0 Å². The Labute approximate surface area is 227 Å². The van der Waals surface area contributed by atoms with Crippen LogP contribution in [0, 0.1) is 26.1 Å². The van der Waals surface area contributed by atoms with Crippen LogP contribution in [0.15, 0.2) is 48.5 Å². The lowest BCUT2D eigenvalue weighted by Crippen LogP contribution is -2.76. The number of hydrogen-bond donors (Lipinski definition) is 2. The Balaban J connectivity index is 1.64. The molecule has 214 valence electrons. The number of benzene rings is 2. The van der Waals surface area contributed by atoms with Crippen molar-refractivity contribution in [3.8, 4) is 0 Å². The van der Waals surface area contributed by atoms with Gasteiger partial charge in [-0.05, 0) is 32.4 Å². The fraction of sp³-hybridized carbons (Fsp3) is 0.400. The number of nitro benzene ring substituents is 2. The van der Waals surface area contributed by atoms with E-state index >= 15 is 0 Å². The van der Waals surface area contributed by atoms with E-state index in [1.54, 1.807) is 0 Å². The number of β-lactam (4-membered cyclic amide) rings is 1. The Morgan fingerprint density at radius 1 is 1.00 bits per heavy atom. The summed E-state index contributed by atoms with van der Waals surface area (Å²) >= 11 is 0. The van der Waals surface area contributed by atoms with Gasteiger partial charge >= 0.3 is 12.1 Å². The Bertz CT molecular complexity index is 1300. The lowest BCUT2D eigenvalue weighted by atomic mass is 9.69. The van der Waals surface area contributed by atoms with Crippen LogP contribution in [0.5, 0.6) is 0 Å². The summed E-state index contributed by atoms with van der Waals surface area (Å²) in [6, 6.07) is 11.1. The molecule has 0 aromatic heterocycles. The standard InChI is InChI=1S/C25H27N3O12/c1-15(40-24(33)39-14-17-8-4-6-10-19(17)28(36)37)20-21(30)26(25(20,2)11-12-29)22(31)23(32)38-13-16-7-3-5-9-18(16)27(34)35/h3-10,15,20,22,29,31H,11-14H2,1-2H3/t15-,20?,22?,25?/m1/s1. The Morgan fingerprint density at radius 3 is 2.00 bits per heavy atom. The monoisotopic (exact) mass is 561 g/mol. The minimum absolute atomic E-state index is 0.0698. The largest absolute Gasteiger partial charge is 0.508 e. The third-order valence-electron chi connectivity index (χ3n) is 6.64. The van der Waals surface area contributed by atoms with Crippen molar-refractivity contribution in [2.75, 3.05) is 6.61 Å². The highest BCUT2D eigenvalue weighted by molar-refractivity contribution is 5.92. The number of aliphatic hydroxyl groups excluding tert-OH is 2. The number of esters is 1. The van der Waals surface area contributed by atoms with E-state index < -0.39 is 71.5 Å². The van der Waals surface area contributed by atoms with E-state index in [1.807, 2.05) is 0 Å². The van der Waals surface area contributed by atoms with E-state index in [-0.39, 0.29) is 28.9 Å².